The monoisotopic (exact) mass is 255 g/mol. The summed E-state index contributed by atoms with van der Waals surface area (Å²) < 4.78 is 0. The lowest BCUT2D eigenvalue weighted by Gasteiger charge is -2.32. The van der Waals surface area contributed by atoms with Crippen LogP contribution in [0.25, 0.3) is 0 Å². The first-order chi connectivity index (χ1) is 9.29. The van der Waals surface area contributed by atoms with Gasteiger partial charge >= 0.3 is 0 Å². The van der Waals surface area contributed by atoms with Crippen LogP contribution in [-0.2, 0) is 12.8 Å². The Bertz CT molecular complexity index is 509. The molecule has 2 aliphatic rings. The minimum absolute atomic E-state index is 0.563. The van der Waals surface area contributed by atoms with Crippen LogP contribution in [0.3, 0.4) is 0 Å². The number of fused-ring (bicyclic) bond motifs is 1. The normalized spacial score (nSPS) is 18.9. The zero-order chi connectivity index (χ0) is 13.2. The van der Waals surface area contributed by atoms with Gasteiger partial charge in [-0.2, -0.15) is 5.26 Å². The summed E-state index contributed by atoms with van der Waals surface area (Å²) in [6.07, 6.45) is 9.79. The van der Waals surface area contributed by atoms with Gasteiger partial charge in [-0.25, -0.2) is 4.98 Å². The Labute approximate surface area is 115 Å². The summed E-state index contributed by atoms with van der Waals surface area (Å²) >= 11 is 0. The number of nitrogens with zero attached hydrogens (tertiary/aromatic N) is 3. The van der Waals surface area contributed by atoms with Gasteiger partial charge in [0.25, 0.3) is 0 Å². The van der Waals surface area contributed by atoms with Gasteiger partial charge in [0.05, 0.1) is 5.56 Å². The minimum Gasteiger partial charge on any atom is -0.356 e. The van der Waals surface area contributed by atoms with Gasteiger partial charge in [-0.3, -0.25) is 0 Å². The third kappa shape index (κ3) is 2.32. The van der Waals surface area contributed by atoms with E-state index in [9.17, 15) is 5.26 Å². The first-order valence-corrected chi connectivity index (χ1v) is 7.45. The molecule has 0 unspecified atom stereocenters. The second kappa shape index (κ2) is 5.21. The molecule has 1 heterocycles. The molecule has 0 spiro atoms. The van der Waals surface area contributed by atoms with E-state index < -0.39 is 0 Å². The molecule has 0 N–H and O–H groups in total. The van der Waals surface area contributed by atoms with Gasteiger partial charge in [-0.05, 0) is 43.7 Å². The van der Waals surface area contributed by atoms with Crippen molar-refractivity contribution in [3.63, 3.8) is 0 Å². The van der Waals surface area contributed by atoms with E-state index in [1.807, 2.05) is 0 Å². The molecule has 3 nitrogen and oxygen atoms in total. The van der Waals surface area contributed by atoms with E-state index in [-0.39, 0.29) is 0 Å². The van der Waals surface area contributed by atoms with Gasteiger partial charge in [-0.1, -0.05) is 19.3 Å². The molecule has 1 saturated carbocycles. The van der Waals surface area contributed by atoms with Crippen LogP contribution in [-0.4, -0.2) is 18.1 Å². The zero-order valence-corrected chi connectivity index (χ0v) is 11.7. The number of hydrogen-bond donors (Lipinski definition) is 0. The SMILES string of the molecule is CN(c1nc2c(cc1C#N)CCC2)C1CCCCC1. The molecule has 0 aromatic carbocycles. The van der Waals surface area contributed by atoms with Crippen molar-refractivity contribution in [1.82, 2.24) is 4.98 Å². The molecule has 0 amide bonds. The molecule has 100 valence electrons. The van der Waals surface area contributed by atoms with Crippen molar-refractivity contribution in [2.45, 2.75) is 57.4 Å². The number of hydrogen-bond acceptors (Lipinski definition) is 3. The molecule has 2 aliphatic carbocycles. The number of pyridine rings is 1. The number of aryl methyl sites for hydroxylation is 2. The Balaban J connectivity index is 1.92. The van der Waals surface area contributed by atoms with Gasteiger partial charge in [-0.15, -0.1) is 0 Å². The van der Waals surface area contributed by atoms with E-state index in [1.165, 1.54) is 49.8 Å². The molecule has 1 aromatic heterocycles. The van der Waals surface area contributed by atoms with Crippen molar-refractivity contribution in [3.05, 3.63) is 22.9 Å². The lowest BCUT2D eigenvalue weighted by molar-refractivity contribution is 0.425. The first kappa shape index (κ1) is 12.5. The van der Waals surface area contributed by atoms with Gasteiger partial charge in [0.2, 0.25) is 0 Å². The topological polar surface area (TPSA) is 39.9 Å². The Kier molecular flexibility index (Phi) is 3.42. The highest BCUT2D eigenvalue weighted by atomic mass is 15.2. The summed E-state index contributed by atoms with van der Waals surface area (Å²) in [6, 6.07) is 4.98. The fraction of sp³-hybridized carbons (Fsp3) is 0.625. The van der Waals surface area contributed by atoms with Crippen LogP contribution in [0.1, 0.15) is 55.3 Å². The van der Waals surface area contributed by atoms with Crippen LogP contribution in [0.4, 0.5) is 5.82 Å². The van der Waals surface area contributed by atoms with E-state index in [0.29, 0.717) is 6.04 Å². The van der Waals surface area contributed by atoms with Crippen molar-refractivity contribution < 1.29 is 0 Å². The smallest absolute Gasteiger partial charge is 0.146 e. The average Bonchev–Trinajstić information content (AvgIpc) is 2.93. The van der Waals surface area contributed by atoms with Gasteiger partial charge in [0.1, 0.15) is 11.9 Å². The van der Waals surface area contributed by atoms with E-state index in [2.05, 4.69) is 24.1 Å². The van der Waals surface area contributed by atoms with E-state index >= 15 is 0 Å². The number of aromatic nitrogens is 1. The fourth-order valence-electron chi connectivity index (χ4n) is 3.45. The summed E-state index contributed by atoms with van der Waals surface area (Å²) in [5.41, 5.74) is 3.27. The van der Waals surface area contributed by atoms with Crippen LogP contribution >= 0.6 is 0 Å². The largest absolute Gasteiger partial charge is 0.356 e. The molecular formula is C16H21N3. The Morgan fingerprint density at radius 1 is 1.21 bits per heavy atom. The molecule has 0 saturated heterocycles. The maximum absolute atomic E-state index is 9.38. The predicted molar refractivity (Wildman–Crippen MR) is 76.3 cm³/mol. The second-order valence-corrected chi connectivity index (χ2v) is 5.83. The Morgan fingerprint density at radius 3 is 2.74 bits per heavy atom. The third-order valence-electron chi connectivity index (χ3n) is 4.61. The van der Waals surface area contributed by atoms with E-state index in [1.54, 1.807) is 0 Å². The highest BCUT2D eigenvalue weighted by Gasteiger charge is 2.23. The van der Waals surface area contributed by atoms with Crippen LogP contribution < -0.4 is 4.90 Å². The molecule has 0 radical (unpaired) electrons. The fourth-order valence-corrected chi connectivity index (χ4v) is 3.45. The standard InChI is InChI=1S/C16H21N3/c1-19(14-7-3-2-4-8-14)16-13(11-17)10-12-6-5-9-15(12)18-16/h10,14H,2-9H2,1H3. The minimum atomic E-state index is 0.563. The van der Waals surface area contributed by atoms with Crippen LogP contribution in [0.15, 0.2) is 6.07 Å². The van der Waals surface area contributed by atoms with Crippen LogP contribution in [0.5, 0.6) is 0 Å². The molecular weight excluding hydrogens is 234 g/mol. The van der Waals surface area contributed by atoms with E-state index in [0.717, 1.165) is 24.2 Å². The molecule has 3 heteroatoms. The van der Waals surface area contributed by atoms with E-state index in [4.69, 9.17) is 4.98 Å². The second-order valence-electron chi connectivity index (χ2n) is 5.83. The van der Waals surface area contributed by atoms with Gasteiger partial charge in [0.15, 0.2) is 0 Å². The quantitative estimate of drug-likeness (QED) is 0.814. The lowest BCUT2D eigenvalue weighted by Crippen LogP contribution is -2.34. The average molecular weight is 255 g/mol. The van der Waals surface area contributed by atoms with Crippen LogP contribution in [0.2, 0.25) is 0 Å². The summed E-state index contributed by atoms with van der Waals surface area (Å²) in [5.74, 6) is 0.912. The molecule has 3 rings (SSSR count). The Morgan fingerprint density at radius 2 is 2.00 bits per heavy atom. The molecule has 1 fully saturated rings. The maximum atomic E-state index is 9.38. The molecule has 0 bridgehead atoms. The maximum Gasteiger partial charge on any atom is 0.146 e. The molecule has 1 aromatic rings. The van der Waals surface area contributed by atoms with Crippen molar-refractivity contribution in [3.8, 4) is 6.07 Å². The Hall–Kier alpha value is -1.56. The number of rotatable bonds is 2. The highest BCUT2D eigenvalue weighted by molar-refractivity contribution is 5.57. The highest BCUT2D eigenvalue weighted by Crippen LogP contribution is 2.30. The van der Waals surface area contributed by atoms with Crippen molar-refractivity contribution >= 4 is 5.82 Å². The molecule has 0 aliphatic heterocycles. The molecule has 0 atom stereocenters. The molecule has 19 heavy (non-hydrogen) atoms. The summed E-state index contributed by atoms with van der Waals surface area (Å²) in [5, 5.41) is 9.38. The predicted octanol–water partition coefficient (Wildman–Crippen LogP) is 3.21. The van der Waals surface area contributed by atoms with Crippen molar-refractivity contribution in [2.75, 3.05) is 11.9 Å². The number of nitriles is 1. The summed E-state index contributed by atoms with van der Waals surface area (Å²) in [6.45, 7) is 0. The zero-order valence-electron chi connectivity index (χ0n) is 11.7. The third-order valence-corrected chi connectivity index (χ3v) is 4.61. The number of anilines is 1. The summed E-state index contributed by atoms with van der Waals surface area (Å²) in [4.78, 5) is 7.06. The van der Waals surface area contributed by atoms with Crippen LogP contribution in [0, 0.1) is 11.3 Å². The van der Waals surface area contributed by atoms with Crippen molar-refractivity contribution in [2.24, 2.45) is 0 Å². The lowest BCUT2D eigenvalue weighted by atomic mass is 9.94. The van der Waals surface area contributed by atoms with Gasteiger partial charge in [0, 0.05) is 18.8 Å². The van der Waals surface area contributed by atoms with Crippen molar-refractivity contribution in [1.29, 1.82) is 5.26 Å². The van der Waals surface area contributed by atoms with Gasteiger partial charge < -0.3 is 4.90 Å². The summed E-state index contributed by atoms with van der Waals surface area (Å²) in [7, 11) is 2.11. The first-order valence-electron chi connectivity index (χ1n) is 7.45.